The standard InChI is InChI=1S/C16H24N2O2.ClH/c1-11-4-5-15(6-12(11)2)20-10-16(19)18-9-14(8-17)7-13(18)3;/h4-6,13-14H,7-10,17H2,1-3H3;1H. The Kier molecular flexibility index (Phi) is 6.49. The third-order valence-electron chi connectivity index (χ3n) is 4.16. The number of likely N-dealkylation sites (tertiary alicyclic amines) is 1. The second-order valence-corrected chi connectivity index (χ2v) is 5.77. The summed E-state index contributed by atoms with van der Waals surface area (Å²) in [7, 11) is 0. The van der Waals surface area contributed by atoms with Crippen molar-refractivity contribution in [3.8, 4) is 5.75 Å². The molecular weight excluding hydrogens is 288 g/mol. The lowest BCUT2D eigenvalue weighted by molar-refractivity contribution is -0.134. The number of ether oxygens (including phenoxy) is 1. The van der Waals surface area contributed by atoms with Gasteiger partial charge in [-0.1, -0.05) is 6.07 Å². The molecule has 21 heavy (non-hydrogen) atoms. The molecule has 2 atom stereocenters. The van der Waals surface area contributed by atoms with Crippen molar-refractivity contribution < 1.29 is 9.53 Å². The number of carbonyl (C=O) groups excluding carboxylic acids is 1. The molecule has 1 amide bonds. The van der Waals surface area contributed by atoms with E-state index in [2.05, 4.69) is 13.8 Å². The third kappa shape index (κ3) is 4.35. The summed E-state index contributed by atoms with van der Waals surface area (Å²) in [5.41, 5.74) is 8.08. The summed E-state index contributed by atoms with van der Waals surface area (Å²) in [4.78, 5) is 14.1. The first-order valence-corrected chi connectivity index (χ1v) is 7.21. The molecule has 0 aliphatic carbocycles. The zero-order valence-electron chi connectivity index (χ0n) is 13.0. The van der Waals surface area contributed by atoms with Crippen LogP contribution in [0.3, 0.4) is 0 Å². The minimum Gasteiger partial charge on any atom is -0.484 e. The van der Waals surface area contributed by atoms with E-state index in [4.69, 9.17) is 10.5 Å². The molecule has 1 aromatic rings. The van der Waals surface area contributed by atoms with E-state index in [0.717, 1.165) is 18.7 Å². The number of amides is 1. The van der Waals surface area contributed by atoms with Gasteiger partial charge in [0, 0.05) is 12.6 Å². The summed E-state index contributed by atoms with van der Waals surface area (Å²) < 4.78 is 5.61. The van der Waals surface area contributed by atoms with Gasteiger partial charge in [-0.05, 0) is 62.9 Å². The molecule has 2 N–H and O–H groups in total. The van der Waals surface area contributed by atoms with Gasteiger partial charge in [-0.3, -0.25) is 4.79 Å². The van der Waals surface area contributed by atoms with Crippen molar-refractivity contribution in [2.75, 3.05) is 19.7 Å². The fourth-order valence-corrected chi connectivity index (χ4v) is 2.69. The molecule has 0 saturated carbocycles. The van der Waals surface area contributed by atoms with Gasteiger partial charge in [0.25, 0.3) is 5.91 Å². The van der Waals surface area contributed by atoms with Crippen molar-refractivity contribution in [3.63, 3.8) is 0 Å². The Bertz CT molecular complexity index is 493. The van der Waals surface area contributed by atoms with Crippen LogP contribution >= 0.6 is 12.4 Å². The molecule has 2 rings (SSSR count). The molecule has 4 nitrogen and oxygen atoms in total. The van der Waals surface area contributed by atoms with E-state index in [1.807, 2.05) is 30.0 Å². The Labute approximate surface area is 133 Å². The number of hydrogen-bond donors (Lipinski definition) is 1. The molecule has 1 aliphatic heterocycles. The predicted molar refractivity (Wildman–Crippen MR) is 87.0 cm³/mol. The molecule has 0 radical (unpaired) electrons. The van der Waals surface area contributed by atoms with Gasteiger partial charge >= 0.3 is 0 Å². The number of halogens is 1. The normalized spacial score (nSPS) is 21.0. The molecule has 1 saturated heterocycles. The van der Waals surface area contributed by atoms with E-state index in [-0.39, 0.29) is 31.0 Å². The minimum absolute atomic E-state index is 0. The summed E-state index contributed by atoms with van der Waals surface area (Å²) in [6, 6.07) is 6.15. The largest absolute Gasteiger partial charge is 0.484 e. The second-order valence-electron chi connectivity index (χ2n) is 5.77. The summed E-state index contributed by atoms with van der Waals surface area (Å²) in [6.45, 7) is 7.67. The molecule has 0 bridgehead atoms. The van der Waals surface area contributed by atoms with Gasteiger partial charge < -0.3 is 15.4 Å². The number of rotatable bonds is 4. The van der Waals surface area contributed by atoms with E-state index in [1.54, 1.807) is 0 Å². The molecule has 1 fully saturated rings. The maximum absolute atomic E-state index is 12.2. The van der Waals surface area contributed by atoms with Crippen LogP contribution in [-0.4, -0.2) is 36.5 Å². The van der Waals surface area contributed by atoms with Gasteiger partial charge in [0.05, 0.1) is 0 Å². The Hall–Kier alpha value is -1.26. The van der Waals surface area contributed by atoms with Crippen LogP contribution in [0.5, 0.6) is 5.75 Å². The summed E-state index contributed by atoms with van der Waals surface area (Å²) in [6.07, 6.45) is 0.992. The smallest absolute Gasteiger partial charge is 0.260 e. The first-order valence-electron chi connectivity index (χ1n) is 7.21. The Balaban J connectivity index is 0.00000220. The van der Waals surface area contributed by atoms with Crippen LogP contribution in [0.4, 0.5) is 0 Å². The quantitative estimate of drug-likeness (QED) is 0.928. The van der Waals surface area contributed by atoms with Crippen molar-refractivity contribution in [2.24, 2.45) is 11.7 Å². The van der Waals surface area contributed by atoms with Crippen LogP contribution < -0.4 is 10.5 Å². The van der Waals surface area contributed by atoms with Gasteiger partial charge in [-0.25, -0.2) is 0 Å². The molecule has 118 valence electrons. The van der Waals surface area contributed by atoms with E-state index in [0.29, 0.717) is 12.5 Å². The molecule has 2 unspecified atom stereocenters. The molecule has 1 aliphatic rings. The van der Waals surface area contributed by atoms with E-state index < -0.39 is 0 Å². The maximum Gasteiger partial charge on any atom is 0.260 e. The van der Waals surface area contributed by atoms with E-state index in [1.165, 1.54) is 11.1 Å². The minimum atomic E-state index is 0. The fourth-order valence-electron chi connectivity index (χ4n) is 2.69. The highest BCUT2D eigenvalue weighted by molar-refractivity contribution is 5.85. The molecule has 1 aromatic carbocycles. The van der Waals surface area contributed by atoms with Gasteiger partial charge in [0.15, 0.2) is 6.61 Å². The predicted octanol–water partition coefficient (Wildman–Crippen LogP) is 2.30. The fraction of sp³-hybridized carbons (Fsp3) is 0.562. The molecule has 0 spiro atoms. The first-order chi connectivity index (χ1) is 9.51. The Morgan fingerprint density at radius 3 is 2.67 bits per heavy atom. The Morgan fingerprint density at radius 2 is 2.10 bits per heavy atom. The highest BCUT2D eigenvalue weighted by Crippen LogP contribution is 2.22. The summed E-state index contributed by atoms with van der Waals surface area (Å²) >= 11 is 0. The van der Waals surface area contributed by atoms with Crippen LogP contribution in [0.1, 0.15) is 24.5 Å². The SMILES string of the molecule is Cc1ccc(OCC(=O)N2CC(CN)CC2C)cc1C.Cl. The third-order valence-corrected chi connectivity index (χ3v) is 4.16. The van der Waals surface area contributed by atoms with Crippen LogP contribution in [0, 0.1) is 19.8 Å². The average Bonchev–Trinajstić information content (AvgIpc) is 2.81. The monoisotopic (exact) mass is 312 g/mol. The van der Waals surface area contributed by atoms with E-state index in [9.17, 15) is 4.79 Å². The zero-order valence-corrected chi connectivity index (χ0v) is 13.8. The van der Waals surface area contributed by atoms with Gasteiger partial charge in [-0.15, -0.1) is 12.4 Å². The number of benzene rings is 1. The zero-order chi connectivity index (χ0) is 14.7. The molecular formula is C16H25ClN2O2. The van der Waals surface area contributed by atoms with Crippen LogP contribution in [0.15, 0.2) is 18.2 Å². The van der Waals surface area contributed by atoms with Crippen molar-refractivity contribution >= 4 is 18.3 Å². The van der Waals surface area contributed by atoms with Crippen molar-refractivity contribution in [1.82, 2.24) is 4.90 Å². The van der Waals surface area contributed by atoms with Crippen LogP contribution in [0.2, 0.25) is 0 Å². The Morgan fingerprint density at radius 1 is 1.38 bits per heavy atom. The molecule has 1 heterocycles. The van der Waals surface area contributed by atoms with Crippen LogP contribution in [-0.2, 0) is 4.79 Å². The van der Waals surface area contributed by atoms with Crippen LogP contribution in [0.25, 0.3) is 0 Å². The number of hydrogen-bond acceptors (Lipinski definition) is 3. The lowest BCUT2D eigenvalue weighted by Crippen LogP contribution is -2.37. The van der Waals surface area contributed by atoms with Gasteiger partial charge in [-0.2, -0.15) is 0 Å². The maximum atomic E-state index is 12.2. The number of carbonyl (C=O) groups is 1. The van der Waals surface area contributed by atoms with Crippen molar-refractivity contribution in [2.45, 2.75) is 33.2 Å². The second kappa shape index (κ2) is 7.66. The number of aryl methyl sites for hydroxylation is 2. The van der Waals surface area contributed by atoms with Gasteiger partial charge in [0.1, 0.15) is 5.75 Å². The molecule has 0 aromatic heterocycles. The van der Waals surface area contributed by atoms with Gasteiger partial charge in [0.2, 0.25) is 0 Å². The lowest BCUT2D eigenvalue weighted by Gasteiger charge is -2.21. The highest BCUT2D eigenvalue weighted by Gasteiger charge is 2.31. The number of nitrogens with two attached hydrogens (primary N) is 1. The van der Waals surface area contributed by atoms with E-state index >= 15 is 0 Å². The highest BCUT2D eigenvalue weighted by atomic mass is 35.5. The molecule has 5 heteroatoms. The lowest BCUT2D eigenvalue weighted by atomic mass is 10.1. The number of nitrogens with zero attached hydrogens (tertiary/aromatic N) is 1. The average molecular weight is 313 g/mol. The first kappa shape index (κ1) is 17.8. The van der Waals surface area contributed by atoms with Crippen molar-refractivity contribution in [1.29, 1.82) is 0 Å². The summed E-state index contributed by atoms with van der Waals surface area (Å²) in [5, 5.41) is 0. The summed E-state index contributed by atoms with van der Waals surface area (Å²) in [5.74, 6) is 1.23. The topological polar surface area (TPSA) is 55.6 Å². The van der Waals surface area contributed by atoms with Crippen molar-refractivity contribution in [3.05, 3.63) is 29.3 Å².